The molecule has 0 bridgehead atoms. The normalized spacial score (nSPS) is 9.76. The fourth-order valence-corrected chi connectivity index (χ4v) is 1.92. The predicted molar refractivity (Wildman–Crippen MR) is 77.3 cm³/mol. The zero-order chi connectivity index (χ0) is 15.7. The van der Waals surface area contributed by atoms with E-state index < -0.39 is 11.8 Å². The zero-order valence-corrected chi connectivity index (χ0v) is 12.0. The van der Waals surface area contributed by atoms with Gasteiger partial charge in [0.05, 0.1) is 13.2 Å². The molecule has 112 valence electrons. The molecule has 8 heteroatoms. The zero-order valence-electron chi connectivity index (χ0n) is 11.2. The van der Waals surface area contributed by atoms with Gasteiger partial charge in [0.2, 0.25) is 0 Å². The number of nitrogens with one attached hydrogen (secondary N) is 1. The van der Waals surface area contributed by atoms with Gasteiger partial charge in [0.25, 0.3) is 0 Å². The van der Waals surface area contributed by atoms with Gasteiger partial charge in [-0.25, -0.2) is 0 Å². The summed E-state index contributed by atoms with van der Waals surface area (Å²) in [4.78, 5) is 25.4. The second-order valence-corrected chi connectivity index (χ2v) is 4.77. The lowest BCUT2D eigenvalue weighted by atomic mass is 10.3. The molecule has 0 spiro atoms. The van der Waals surface area contributed by atoms with E-state index in [1.54, 1.807) is 24.3 Å². The summed E-state index contributed by atoms with van der Waals surface area (Å²) >= 11 is 0.989. The van der Waals surface area contributed by atoms with Crippen LogP contribution < -0.4 is 5.32 Å². The van der Waals surface area contributed by atoms with Crippen molar-refractivity contribution in [2.45, 2.75) is 4.90 Å². The van der Waals surface area contributed by atoms with Crippen LogP contribution in [0.25, 0.3) is 0 Å². The first kappa shape index (κ1) is 17.0. The molecule has 1 aromatic rings. The Morgan fingerprint density at radius 1 is 1.19 bits per heavy atom. The van der Waals surface area contributed by atoms with Crippen molar-refractivity contribution in [3.8, 4) is 5.40 Å². The Labute approximate surface area is 126 Å². The fraction of sp³-hybridized carbons (Fsp3) is 0.308. The van der Waals surface area contributed by atoms with Crippen molar-refractivity contribution in [1.29, 1.82) is 5.26 Å². The number of carbonyl (C=O) groups is 2. The first-order chi connectivity index (χ1) is 10.1. The average molecular weight is 309 g/mol. The number of benzene rings is 1. The highest BCUT2D eigenvalue weighted by Gasteiger charge is 2.21. The Morgan fingerprint density at radius 3 is 2.24 bits per heavy atom. The number of nitrogens with zero attached hydrogens (tertiary/aromatic N) is 2. The quantitative estimate of drug-likeness (QED) is 0.387. The Hall–Kier alpha value is -2.08. The number of nitriles is 1. The summed E-state index contributed by atoms with van der Waals surface area (Å²) in [6.07, 6.45) is 0. The monoisotopic (exact) mass is 309 g/mol. The highest BCUT2D eigenvalue weighted by Crippen LogP contribution is 2.18. The van der Waals surface area contributed by atoms with Gasteiger partial charge in [0.1, 0.15) is 5.40 Å². The third-order valence-electron chi connectivity index (χ3n) is 2.50. The standard InChI is InChI=1S/C13H15N3O4S/c14-9-21-11-3-1-10(2-4-11)15-12(19)13(20)16(5-7-17)6-8-18/h1-4,17-18H,5-8H2,(H,15,19). The lowest BCUT2D eigenvalue weighted by Gasteiger charge is -2.19. The molecular weight excluding hydrogens is 294 g/mol. The summed E-state index contributed by atoms with van der Waals surface area (Å²) in [5.41, 5.74) is 0.420. The number of carbonyl (C=O) groups excluding carboxylic acids is 2. The molecule has 0 saturated carbocycles. The third kappa shape index (κ3) is 5.43. The van der Waals surface area contributed by atoms with Gasteiger partial charge >= 0.3 is 11.8 Å². The summed E-state index contributed by atoms with van der Waals surface area (Å²) in [7, 11) is 0. The van der Waals surface area contributed by atoms with Crippen LogP contribution in [0.4, 0.5) is 5.69 Å². The third-order valence-corrected chi connectivity index (χ3v) is 3.10. The van der Waals surface area contributed by atoms with Gasteiger partial charge in [0, 0.05) is 23.7 Å². The van der Waals surface area contributed by atoms with Gasteiger partial charge in [-0.2, -0.15) is 5.26 Å². The SMILES string of the molecule is N#CSc1ccc(NC(=O)C(=O)N(CCO)CCO)cc1. The molecule has 0 unspecified atom stereocenters. The topological polar surface area (TPSA) is 114 Å². The Bertz CT molecular complexity index is 521. The first-order valence-electron chi connectivity index (χ1n) is 6.10. The van der Waals surface area contributed by atoms with Crippen LogP contribution in [0.5, 0.6) is 0 Å². The summed E-state index contributed by atoms with van der Waals surface area (Å²) in [6, 6.07) is 6.45. The molecule has 0 aromatic heterocycles. The fourth-order valence-electron chi connectivity index (χ4n) is 1.54. The molecule has 0 radical (unpaired) electrons. The van der Waals surface area contributed by atoms with Gasteiger partial charge < -0.3 is 20.4 Å². The van der Waals surface area contributed by atoms with Crippen LogP contribution in [0.3, 0.4) is 0 Å². The molecule has 0 aliphatic carbocycles. The molecular formula is C13H15N3O4S. The largest absolute Gasteiger partial charge is 0.395 e. The van der Waals surface area contributed by atoms with Crippen molar-refractivity contribution < 1.29 is 19.8 Å². The van der Waals surface area contributed by atoms with E-state index in [0.29, 0.717) is 5.69 Å². The first-order valence-corrected chi connectivity index (χ1v) is 6.92. The molecule has 3 N–H and O–H groups in total. The molecule has 1 rings (SSSR count). The molecule has 7 nitrogen and oxygen atoms in total. The Morgan fingerprint density at radius 2 is 1.76 bits per heavy atom. The average Bonchev–Trinajstić information content (AvgIpc) is 2.48. The van der Waals surface area contributed by atoms with Crippen molar-refractivity contribution in [2.24, 2.45) is 0 Å². The van der Waals surface area contributed by atoms with Gasteiger partial charge in [-0.1, -0.05) is 0 Å². The van der Waals surface area contributed by atoms with Crippen molar-refractivity contribution in [2.75, 3.05) is 31.6 Å². The number of hydrogen-bond acceptors (Lipinski definition) is 6. The van der Waals surface area contributed by atoms with E-state index in [-0.39, 0.29) is 26.3 Å². The van der Waals surface area contributed by atoms with Crippen LogP contribution in [-0.4, -0.2) is 53.2 Å². The number of hydrogen-bond donors (Lipinski definition) is 3. The minimum Gasteiger partial charge on any atom is -0.395 e. The van der Waals surface area contributed by atoms with Crippen LogP contribution in [0.2, 0.25) is 0 Å². The highest BCUT2D eigenvalue weighted by atomic mass is 32.2. The molecule has 0 saturated heterocycles. The minimum absolute atomic E-state index is 0.0233. The summed E-state index contributed by atoms with van der Waals surface area (Å²) < 4.78 is 0. The maximum atomic E-state index is 11.8. The smallest absolute Gasteiger partial charge is 0.313 e. The summed E-state index contributed by atoms with van der Waals surface area (Å²) in [6.45, 7) is -0.632. The van der Waals surface area contributed by atoms with Gasteiger partial charge in [0.15, 0.2) is 0 Å². The van der Waals surface area contributed by atoms with Crippen LogP contribution >= 0.6 is 11.8 Å². The van der Waals surface area contributed by atoms with Gasteiger partial charge in [-0.3, -0.25) is 9.59 Å². The van der Waals surface area contributed by atoms with E-state index in [4.69, 9.17) is 15.5 Å². The van der Waals surface area contributed by atoms with Crippen molar-refractivity contribution in [1.82, 2.24) is 4.90 Å². The Kier molecular flexibility index (Phi) is 7.25. The van der Waals surface area contributed by atoms with Crippen LogP contribution in [0, 0.1) is 10.7 Å². The number of aliphatic hydroxyl groups is 2. The molecule has 0 fully saturated rings. The lowest BCUT2D eigenvalue weighted by molar-refractivity contribution is -0.143. The van der Waals surface area contributed by atoms with E-state index in [9.17, 15) is 9.59 Å². The lowest BCUT2D eigenvalue weighted by Crippen LogP contribution is -2.42. The number of amides is 2. The number of thiocyanates is 1. The van der Waals surface area contributed by atoms with Crippen LogP contribution in [0.1, 0.15) is 0 Å². The van der Waals surface area contributed by atoms with Gasteiger partial charge in [-0.15, -0.1) is 0 Å². The predicted octanol–water partition coefficient (Wildman–Crippen LogP) is 0.0115. The van der Waals surface area contributed by atoms with Gasteiger partial charge in [-0.05, 0) is 36.0 Å². The minimum atomic E-state index is -0.849. The van der Waals surface area contributed by atoms with E-state index in [0.717, 1.165) is 21.6 Å². The molecule has 0 heterocycles. The number of anilines is 1. The molecule has 1 aromatic carbocycles. The highest BCUT2D eigenvalue weighted by molar-refractivity contribution is 8.03. The summed E-state index contributed by atoms with van der Waals surface area (Å²) in [5.74, 6) is -1.67. The van der Waals surface area contributed by atoms with Crippen molar-refractivity contribution >= 4 is 29.3 Å². The molecule has 0 aliphatic rings. The number of thioether (sulfide) groups is 1. The van der Waals surface area contributed by atoms with E-state index in [1.807, 2.05) is 5.40 Å². The van der Waals surface area contributed by atoms with E-state index >= 15 is 0 Å². The molecule has 2 amide bonds. The second-order valence-electron chi connectivity index (χ2n) is 3.91. The number of aliphatic hydroxyl groups excluding tert-OH is 2. The van der Waals surface area contributed by atoms with Crippen LogP contribution in [0.15, 0.2) is 29.2 Å². The number of rotatable bonds is 6. The molecule has 0 atom stereocenters. The van der Waals surface area contributed by atoms with E-state index in [1.165, 1.54) is 0 Å². The van der Waals surface area contributed by atoms with Crippen LogP contribution in [-0.2, 0) is 9.59 Å². The maximum absolute atomic E-state index is 11.8. The van der Waals surface area contributed by atoms with Crippen molar-refractivity contribution in [3.63, 3.8) is 0 Å². The van der Waals surface area contributed by atoms with E-state index in [2.05, 4.69) is 5.32 Å². The second kappa shape index (κ2) is 8.97. The maximum Gasteiger partial charge on any atom is 0.313 e. The molecule has 0 aliphatic heterocycles. The summed E-state index contributed by atoms with van der Waals surface area (Å²) in [5, 5.41) is 30.5. The Balaban J connectivity index is 2.66. The van der Waals surface area contributed by atoms with Crippen molar-refractivity contribution in [3.05, 3.63) is 24.3 Å². The molecule has 21 heavy (non-hydrogen) atoms.